The summed E-state index contributed by atoms with van der Waals surface area (Å²) in [5, 5.41) is 29.4. The Morgan fingerprint density at radius 2 is 1.60 bits per heavy atom. The Labute approximate surface area is 289 Å². The number of ether oxygens (including phenoxy) is 3. The van der Waals surface area contributed by atoms with E-state index in [1.54, 1.807) is 74.7 Å². The average Bonchev–Trinajstić information content (AvgIpc) is 3.43. The second-order valence-electron chi connectivity index (χ2n) is 11.3. The molecule has 1 amide bonds. The summed E-state index contributed by atoms with van der Waals surface area (Å²) in [6.07, 6.45) is 2.36. The topological polar surface area (TPSA) is 156 Å². The number of methoxy groups -OCH3 is 1. The molecule has 0 radical (unpaired) electrons. The fraction of sp³-hybridized carbons (Fsp3) is 0.243. The number of nitrogens with one attached hydrogen (secondary N) is 2. The van der Waals surface area contributed by atoms with Crippen molar-refractivity contribution in [3.63, 3.8) is 0 Å². The number of aliphatic hydroxyl groups excluding tert-OH is 1. The number of nitro groups is 1. The highest BCUT2D eigenvalue weighted by Crippen LogP contribution is 2.39. The first-order chi connectivity index (χ1) is 24.3. The van der Waals surface area contributed by atoms with Gasteiger partial charge in [-0.25, -0.2) is 4.79 Å². The third-order valence-electron chi connectivity index (χ3n) is 7.93. The highest BCUT2D eigenvalue weighted by molar-refractivity contribution is 6.06. The molecule has 260 valence electrons. The minimum atomic E-state index is -0.798. The first-order valence-electron chi connectivity index (χ1n) is 16.2. The van der Waals surface area contributed by atoms with Gasteiger partial charge in [0.05, 0.1) is 43.9 Å². The number of anilines is 1. The number of aryl methyl sites for hydroxylation is 1. The zero-order valence-electron chi connectivity index (χ0n) is 27.8. The molecule has 13 heteroatoms. The van der Waals surface area contributed by atoms with Gasteiger partial charge in [-0.1, -0.05) is 60.7 Å². The molecule has 0 bridgehead atoms. The van der Waals surface area contributed by atoms with Gasteiger partial charge in [-0.3, -0.25) is 25.3 Å². The highest BCUT2D eigenvalue weighted by atomic mass is 16.6. The lowest BCUT2D eigenvalue weighted by Crippen LogP contribution is -2.43. The van der Waals surface area contributed by atoms with Gasteiger partial charge >= 0.3 is 11.7 Å². The molecule has 0 aliphatic carbocycles. The zero-order chi connectivity index (χ0) is 35.5. The van der Waals surface area contributed by atoms with E-state index in [4.69, 9.17) is 14.2 Å². The minimum absolute atomic E-state index is 0.0689. The molecule has 50 heavy (non-hydrogen) atoms. The molecule has 1 aliphatic rings. The predicted molar refractivity (Wildman–Crippen MR) is 186 cm³/mol. The van der Waals surface area contributed by atoms with Crippen LogP contribution in [0.25, 0.3) is 0 Å². The third-order valence-corrected chi connectivity index (χ3v) is 7.93. The summed E-state index contributed by atoms with van der Waals surface area (Å²) in [6, 6.07) is 28.6. The molecule has 3 N–H and O–H groups in total. The van der Waals surface area contributed by atoms with Crippen LogP contribution in [-0.2, 0) is 29.0 Å². The van der Waals surface area contributed by atoms with Crippen LogP contribution >= 0.6 is 0 Å². The second-order valence-corrected chi connectivity index (χ2v) is 11.3. The zero-order valence-corrected chi connectivity index (χ0v) is 27.8. The molecule has 0 unspecified atom stereocenters. The van der Waals surface area contributed by atoms with E-state index in [9.17, 15) is 24.8 Å². The van der Waals surface area contributed by atoms with E-state index in [0.717, 1.165) is 18.4 Å². The number of hydrogen-bond acceptors (Lipinski definition) is 11. The quantitative estimate of drug-likeness (QED) is 0.0529. The molecule has 0 saturated carbocycles. The number of unbranched alkanes of at least 4 members (excludes halogenated alkanes) is 1. The van der Waals surface area contributed by atoms with Gasteiger partial charge in [-0.15, -0.1) is 5.12 Å². The molecule has 0 aromatic heterocycles. The average molecular weight is 682 g/mol. The Balaban J connectivity index is 1.44. The summed E-state index contributed by atoms with van der Waals surface area (Å²) in [7, 11) is 1.55. The van der Waals surface area contributed by atoms with Crippen LogP contribution in [0.4, 0.5) is 11.4 Å². The smallest absolute Gasteiger partial charge is 0.361 e. The predicted octanol–water partition coefficient (Wildman–Crippen LogP) is 6.29. The van der Waals surface area contributed by atoms with Crippen molar-refractivity contribution in [3.05, 3.63) is 141 Å². The van der Waals surface area contributed by atoms with Gasteiger partial charge in [0.15, 0.2) is 11.4 Å². The van der Waals surface area contributed by atoms with Gasteiger partial charge in [0.2, 0.25) is 5.88 Å². The SMILES string of the molecule is CCOC(=O)C1=C(O)N(Cc2ccc(OC)cc2)N(Cc2ccc(OCCCCc3ccccc3)c(NC(=O)c3ccccc3)c2[N+](=O)[O-])N1. The van der Waals surface area contributed by atoms with Crippen molar-refractivity contribution in [2.24, 2.45) is 0 Å². The van der Waals surface area contributed by atoms with Gasteiger partial charge in [-0.05, 0) is 73.7 Å². The van der Waals surface area contributed by atoms with Crippen LogP contribution < -0.4 is 20.2 Å². The number of hydrogen-bond donors (Lipinski definition) is 3. The Hall–Kier alpha value is -6.08. The summed E-state index contributed by atoms with van der Waals surface area (Å²) < 4.78 is 16.4. The molecule has 1 aliphatic heterocycles. The first kappa shape index (κ1) is 35.2. The van der Waals surface area contributed by atoms with Crippen molar-refractivity contribution in [1.82, 2.24) is 15.6 Å². The normalized spacial score (nSPS) is 12.7. The van der Waals surface area contributed by atoms with Crippen LogP contribution in [0.3, 0.4) is 0 Å². The molecule has 0 fully saturated rings. The van der Waals surface area contributed by atoms with Crippen molar-refractivity contribution in [1.29, 1.82) is 0 Å². The number of aliphatic hydroxyl groups is 1. The van der Waals surface area contributed by atoms with E-state index in [1.165, 1.54) is 21.8 Å². The van der Waals surface area contributed by atoms with Gasteiger partial charge in [0.25, 0.3) is 5.91 Å². The van der Waals surface area contributed by atoms with E-state index in [-0.39, 0.29) is 49.0 Å². The van der Waals surface area contributed by atoms with Crippen molar-refractivity contribution in [3.8, 4) is 11.5 Å². The Morgan fingerprint density at radius 1 is 0.900 bits per heavy atom. The molecule has 13 nitrogen and oxygen atoms in total. The number of esters is 1. The van der Waals surface area contributed by atoms with Crippen molar-refractivity contribution >= 4 is 23.3 Å². The van der Waals surface area contributed by atoms with Crippen LogP contribution in [0.15, 0.2) is 109 Å². The van der Waals surface area contributed by atoms with Crippen molar-refractivity contribution in [2.75, 3.05) is 25.6 Å². The van der Waals surface area contributed by atoms with Crippen LogP contribution in [0.1, 0.15) is 46.8 Å². The summed E-state index contributed by atoms with van der Waals surface area (Å²) in [5.41, 5.74) is 4.54. The number of hydrazine groups is 2. The molecule has 0 spiro atoms. The molecule has 0 saturated heterocycles. The van der Waals surface area contributed by atoms with Gasteiger partial charge in [0.1, 0.15) is 11.5 Å². The van der Waals surface area contributed by atoms with Crippen molar-refractivity contribution < 1.29 is 33.8 Å². The number of nitro benzene ring substituents is 1. The van der Waals surface area contributed by atoms with Crippen LogP contribution in [0.5, 0.6) is 11.5 Å². The van der Waals surface area contributed by atoms with E-state index < -0.39 is 28.4 Å². The van der Waals surface area contributed by atoms with Gasteiger partial charge < -0.3 is 24.6 Å². The fourth-order valence-electron chi connectivity index (χ4n) is 5.40. The van der Waals surface area contributed by atoms with Crippen LogP contribution in [0, 0.1) is 10.1 Å². The number of benzene rings is 4. The molecule has 4 aromatic carbocycles. The summed E-state index contributed by atoms with van der Waals surface area (Å²) in [6.45, 7) is 1.85. The number of amides is 1. The maximum atomic E-state index is 13.3. The van der Waals surface area contributed by atoms with E-state index in [1.807, 2.05) is 18.2 Å². The lowest BCUT2D eigenvalue weighted by molar-refractivity contribution is -0.385. The molecule has 4 aromatic rings. The maximum absolute atomic E-state index is 13.3. The van der Waals surface area contributed by atoms with E-state index in [0.29, 0.717) is 17.7 Å². The lowest BCUT2D eigenvalue weighted by Gasteiger charge is -2.29. The summed E-state index contributed by atoms with van der Waals surface area (Å²) >= 11 is 0. The Morgan fingerprint density at radius 3 is 2.26 bits per heavy atom. The number of carbonyl (C=O) groups excluding carboxylic acids is 2. The van der Waals surface area contributed by atoms with Gasteiger partial charge in [0, 0.05) is 5.56 Å². The molecular weight excluding hydrogens is 642 g/mol. The number of nitrogens with zero attached hydrogens (tertiary/aromatic N) is 3. The lowest BCUT2D eigenvalue weighted by atomic mass is 10.1. The molecule has 1 heterocycles. The standard InChI is InChI=1S/C37H39N5O8/c1-3-49-37(45)33-36(44)40(24-27-17-20-30(48-2)21-18-27)41(39-33)25-29-19-22-31(50-23-11-10-14-26-12-6-4-7-13-26)32(34(29)42(46)47)38-35(43)28-15-8-5-9-16-28/h4-9,12-13,15-22,39,44H,3,10-11,14,23-25H2,1-2H3,(H,38,43). The largest absolute Gasteiger partial charge is 0.497 e. The second kappa shape index (κ2) is 16.8. The molecule has 0 atom stereocenters. The monoisotopic (exact) mass is 681 g/mol. The molecule has 5 rings (SSSR count). The Bertz CT molecular complexity index is 1820. The fourth-order valence-corrected chi connectivity index (χ4v) is 5.40. The molecular formula is C37H39N5O8. The maximum Gasteiger partial charge on any atom is 0.361 e. The third kappa shape index (κ3) is 8.68. The first-order valence-corrected chi connectivity index (χ1v) is 16.2. The summed E-state index contributed by atoms with van der Waals surface area (Å²) in [5.74, 6) is -0.994. The van der Waals surface area contributed by atoms with Crippen LogP contribution in [0.2, 0.25) is 0 Å². The summed E-state index contributed by atoms with van der Waals surface area (Å²) in [4.78, 5) is 38.3. The van der Waals surface area contributed by atoms with E-state index in [2.05, 4.69) is 22.9 Å². The van der Waals surface area contributed by atoms with Gasteiger partial charge in [-0.2, -0.15) is 0 Å². The van der Waals surface area contributed by atoms with Crippen molar-refractivity contribution in [2.45, 2.75) is 39.3 Å². The highest BCUT2D eigenvalue weighted by Gasteiger charge is 2.37. The van der Waals surface area contributed by atoms with Crippen LogP contribution in [-0.4, -0.2) is 52.4 Å². The number of rotatable bonds is 16. The minimum Gasteiger partial charge on any atom is -0.497 e. The number of carbonyl (C=O) groups is 2. The van der Waals surface area contributed by atoms with E-state index >= 15 is 0 Å². The Kier molecular flexibility index (Phi) is 11.9.